The molecule has 4 bridgehead atoms. The minimum atomic E-state index is -0.393. The van der Waals surface area contributed by atoms with Crippen LogP contribution < -0.4 is 4.74 Å². The van der Waals surface area contributed by atoms with Crippen LogP contribution in [0.5, 0.6) is 5.75 Å². The van der Waals surface area contributed by atoms with E-state index in [2.05, 4.69) is 29.2 Å². The number of rotatable bonds is 6. The van der Waals surface area contributed by atoms with Crippen molar-refractivity contribution >= 4 is 0 Å². The van der Waals surface area contributed by atoms with Crippen LogP contribution in [-0.2, 0) is 5.41 Å². The van der Waals surface area contributed by atoms with Crippen LogP contribution in [0.25, 0.3) is 0 Å². The fraction of sp³-hybridized carbons (Fsp3) is 0.739. The second kappa shape index (κ2) is 6.83. The molecule has 142 valence electrons. The van der Waals surface area contributed by atoms with Gasteiger partial charge in [-0.25, -0.2) is 0 Å². The van der Waals surface area contributed by atoms with Crippen molar-refractivity contribution in [3.05, 3.63) is 29.8 Å². The molecule has 26 heavy (non-hydrogen) atoms. The number of benzene rings is 1. The van der Waals surface area contributed by atoms with E-state index in [9.17, 15) is 5.11 Å². The van der Waals surface area contributed by atoms with Crippen LogP contribution in [0, 0.1) is 17.8 Å². The Balaban J connectivity index is 1.19. The maximum absolute atomic E-state index is 10.2. The molecular formula is C23H33NO2. The molecule has 4 aliphatic carbocycles. The average Bonchev–Trinajstić information content (AvgIpc) is 3.12. The molecule has 1 atom stereocenters. The molecule has 5 aliphatic rings. The summed E-state index contributed by atoms with van der Waals surface area (Å²) in [5.74, 6) is 3.85. The van der Waals surface area contributed by atoms with Crippen molar-refractivity contribution in [2.75, 3.05) is 26.2 Å². The third-order valence-corrected chi connectivity index (χ3v) is 7.61. The molecule has 5 fully saturated rings. The van der Waals surface area contributed by atoms with E-state index in [1.807, 2.05) is 0 Å². The maximum atomic E-state index is 10.2. The first-order valence-corrected chi connectivity index (χ1v) is 10.8. The number of likely N-dealkylation sites (tertiary alicyclic amines) is 1. The number of β-amino-alcohol motifs (C(OH)–C–C–N with tert-alkyl or cyclic N) is 1. The van der Waals surface area contributed by atoms with Crippen LogP contribution >= 0.6 is 0 Å². The van der Waals surface area contributed by atoms with E-state index in [1.165, 1.54) is 51.4 Å². The topological polar surface area (TPSA) is 32.7 Å². The first kappa shape index (κ1) is 17.1. The average molecular weight is 356 g/mol. The van der Waals surface area contributed by atoms with Crippen LogP contribution in [0.1, 0.15) is 56.9 Å². The minimum Gasteiger partial charge on any atom is -0.491 e. The van der Waals surface area contributed by atoms with Gasteiger partial charge < -0.3 is 14.7 Å². The highest BCUT2D eigenvalue weighted by atomic mass is 16.5. The Morgan fingerprint density at radius 2 is 1.54 bits per heavy atom. The lowest BCUT2D eigenvalue weighted by Gasteiger charge is -2.57. The molecule has 6 rings (SSSR count). The highest BCUT2D eigenvalue weighted by Crippen LogP contribution is 2.60. The smallest absolute Gasteiger partial charge is 0.119 e. The van der Waals surface area contributed by atoms with Crippen molar-refractivity contribution in [1.29, 1.82) is 0 Å². The lowest BCUT2D eigenvalue weighted by atomic mass is 9.48. The maximum Gasteiger partial charge on any atom is 0.119 e. The SMILES string of the molecule is O[C@H](COc1ccc(C23CC4CC(CC(C4)C2)C3)cc1)CN1CCCC1. The van der Waals surface area contributed by atoms with E-state index in [1.54, 1.807) is 5.56 Å². The Hall–Kier alpha value is -1.06. The normalized spacial score (nSPS) is 37.2. The van der Waals surface area contributed by atoms with Crippen molar-refractivity contribution in [1.82, 2.24) is 4.90 Å². The summed E-state index contributed by atoms with van der Waals surface area (Å²) >= 11 is 0. The summed E-state index contributed by atoms with van der Waals surface area (Å²) in [6.07, 6.45) is 10.9. The van der Waals surface area contributed by atoms with Gasteiger partial charge in [-0.3, -0.25) is 0 Å². The molecular weight excluding hydrogens is 322 g/mol. The van der Waals surface area contributed by atoms with Gasteiger partial charge in [-0.05, 0) is 105 Å². The molecule has 4 saturated carbocycles. The Kier molecular flexibility index (Phi) is 4.48. The van der Waals surface area contributed by atoms with Gasteiger partial charge in [0, 0.05) is 6.54 Å². The van der Waals surface area contributed by atoms with E-state index in [4.69, 9.17) is 4.74 Å². The van der Waals surface area contributed by atoms with Crippen LogP contribution in [0.4, 0.5) is 0 Å². The van der Waals surface area contributed by atoms with Gasteiger partial charge in [0.25, 0.3) is 0 Å². The van der Waals surface area contributed by atoms with Crippen LogP contribution in [0.3, 0.4) is 0 Å². The van der Waals surface area contributed by atoms with Gasteiger partial charge in [-0.15, -0.1) is 0 Å². The zero-order chi connectivity index (χ0) is 17.6. The summed E-state index contributed by atoms with van der Waals surface area (Å²) in [6.45, 7) is 3.38. The molecule has 1 aromatic carbocycles. The van der Waals surface area contributed by atoms with Crippen LogP contribution in [0.2, 0.25) is 0 Å². The van der Waals surface area contributed by atoms with Gasteiger partial charge in [-0.1, -0.05) is 12.1 Å². The van der Waals surface area contributed by atoms with Gasteiger partial charge in [0.1, 0.15) is 18.5 Å². The zero-order valence-electron chi connectivity index (χ0n) is 15.9. The molecule has 0 aromatic heterocycles. The molecule has 0 spiro atoms. The van der Waals surface area contributed by atoms with Gasteiger partial charge >= 0.3 is 0 Å². The highest BCUT2D eigenvalue weighted by molar-refractivity contribution is 5.34. The molecule has 0 unspecified atom stereocenters. The molecule has 1 aromatic rings. The molecule has 0 amide bonds. The Bertz CT molecular complexity index is 584. The predicted octanol–water partition coefficient (Wildman–Crippen LogP) is 3.99. The van der Waals surface area contributed by atoms with Crippen molar-refractivity contribution in [3.63, 3.8) is 0 Å². The van der Waals surface area contributed by atoms with E-state index in [0.717, 1.165) is 43.1 Å². The Labute approximate surface area is 157 Å². The quantitative estimate of drug-likeness (QED) is 0.837. The van der Waals surface area contributed by atoms with Gasteiger partial charge in [0.15, 0.2) is 0 Å². The van der Waals surface area contributed by atoms with Gasteiger partial charge in [0.2, 0.25) is 0 Å². The summed E-state index contributed by atoms with van der Waals surface area (Å²) in [7, 11) is 0. The van der Waals surface area contributed by atoms with Crippen molar-refractivity contribution in [2.24, 2.45) is 17.8 Å². The molecule has 1 aliphatic heterocycles. The van der Waals surface area contributed by atoms with E-state index >= 15 is 0 Å². The van der Waals surface area contributed by atoms with Gasteiger partial charge in [0.05, 0.1) is 0 Å². The van der Waals surface area contributed by atoms with E-state index in [-0.39, 0.29) is 0 Å². The number of aliphatic hydroxyl groups excluding tert-OH is 1. The summed E-state index contributed by atoms with van der Waals surface area (Å²) in [5.41, 5.74) is 2.00. The Morgan fingerprint density at radius 1 is 0.962 bits per heavy atom. The fourth-order valence-electron chi connectivity index (χ4n) is 6.88. The third kappa shape index (κ3) is 3.29. The molecule has 1 saturated heterocycles. The largest absolute Gasteiger partial charge is 0.491 e. The van der Waals surface area contributed by atoms with Crippen molar-refractivity contribution < 1.29 is 9.84 Å². The molecule has 3 heteroatoms. The number of hydrogen-bond donors (Lipinski definition) is 1. The zero-order valence-corrected chi connectivity index (χ0v) is 15.9. The fourth-order valence-corrected chi connectivity index (χ4v) is 6.88. The number of hydrogen-bond acceptors (Lipinski definition) is 3. The first-order valence-electron chi connectivity index (χ1n) is 10.8. The highest BCUT2D eigenvalue weighted by Gasteiger charge is 2.51. The van der Waals surface area contributed by atoms with Crippen LogP contribution in [0.15, 0.2) is 24.3 Å². The predicted molar refractivity (Wildman–Crippen MR) is 103 cm³/mol. The van der Waals surface area contributed by atoms with Crippen molar-refractivity contribution in [2.45, 2.75) is 62.9 Å². The van der Waals surface area contributed by atoms with E-state index in [0.29, 0.717) is 12.0 Å². The lowest BCUT2D eigenvalue weighted by molar-refractivity contribution is -0.00522. The summed E-state index contributed by atoms with van der Waals surface area (Å²) in [5, 5.41) is 10.2. The lowest BCUT2D eigenvalue weighted by Crippen LogP contribution is -2.48. The standard InChI is InChI=1S/C23H33NO2/c25-21(15-24-7-1-2-8-24)16-26-22-5-3-20(4-6-22)23-12-17-9-18(13-23)11-19(10-17)14-23/h3-6,17-19,21,25H,1-2,7-16H2/t17?,18?,19?,21-,23?/m0/s1. The van der Waals surface area contributed by atoms with Crippen molar-refractivity contribution in [3.8, 4) is 5.75 Å². The number of nitrogens with zero attached hydrogens (tertiary/aromatic N) is 1. The summed E-state index contributed by atoms with van der Waals surface area (Å²) < 4.78 is 5.88. The third-order valence-electron chi connectivity index (χ3n) is 7.61. The second-order valence-electron chi connectivity index (χ2n) is 9.69. The molecule has 3 nitrogen and oxygen atoms in total. The molecule has 0 radical (unpaired) electrons. The monoisotopic (exact) mass is 355 g/mol. The number of ether oxygens (including phenoxy) is 1. The summed E-state index contributed by atoms with van der Waals surface area (Å²) in [4.78, 5) is 2.34. The first-order chi connectivity index (χ1) is 12.7. The Morgan fingerprint density at radius 3 is 2.12 bits per heavy atom. The van der Waals surface area contributed by atoms with Crippen LogP contribution in [-0.4, -0.2) is 42.4 Å². The number of aliphatic hydroxyl groups is 1. The summed E-state index contributed by atoms with van der Waals surface area (Å²) in [6, 6.07) is 8.90. The van der Waals surface area contributed by atoms with E-state index < -0.39 is 6.10 Å². The van der Waals surface area contributed by atoms with Gasteiger partial charge in [-0.2, -0.15) is 0 Å². The molecule has 1 heterocycles. The minimum absolute atomic E-state index is 0.393. The second-order valence-corrected chi connectivity index (χ2v) is 9.69. The molecule has 1 N–H and O–H groups in total.